The first-order valence-electron chi connectivity index (χ1n) is 3.39. The minimum absolute atomic E-state index is 0.476. The van der Waals surface area contributed by atoms with Crippen molar-refractivity contribution in [2.45, 2.75) is 12.5 Å². The maximum atomic E-state index is 9.52. The number of aliphatic hydroxyl groups is 1. The quantitative estimate of drug-likeness (QED) is 0.827. The van der Waals surface area contributed by atoms with Gasteiger partial charge in [0, 0.05) is 9.35 Å². The van der Waals surface area contributed by atoms with E-state index in [2.05, 4.69) is 22.5 Å². The van der Waals surface area contributed by atoms with E-state index in [1.54, 1.807) is 6.08 Å². The molecule has 0 saturated carbocycles. The summed E-state index contributed by atoms with van der Waals surface area (Å²) in [7, 11) is 0. The Morgan fingerprint density at radius 2 is 2.50 bits per heavy atom. The summed E-state index contributed by atoms with van der Waals surface area (Å²) in [6, 6.07) is 1.83. The number of aliphatic hydroxyl groups excluding tert-OH is 1. The highest BCUT2D eigenvalue weighted by Crippen LogP contribution is 2.35. The number of halogens is 2. The summed E-state index contributed by atoms with van der Waals surface area (Å²) in [5.41, 5.74) is 0. The lowest BCUT2D eigenvalue weighted by molar-refractivity contribution is 0.185. The molecule has 1 aromatic heterocycles. The van der Waals surface area contributed by atoms with Crippen molar-refractivity contribution in [2.75, 3.05) is 0 Å². The summed E-state index contributed by atoms with van der Waals surface area (Å²) >= 11 is 10.5. The Hall–Kier alpha value is 0.170. The zero-order valence-corrected chi connectivity index (χ0v) is 9.42. The van der Waals surface area contributed by atoms with Crippen LogP contribution in [0.1, 0.15) is 17.4 Å². The number of hydrogen-bond acceptors (Lipinski definition) is 2. The molecule has 0 aliphatic heterocycles. The molecule has 1 aromatic rings. The molecule has 0 aromatic carbocycles. The van der Waals surface area contributed by atoms with Crippen LogP contribution in [0.25, 0.3) is 0 Å². The number of thiophene rings is 1. The predicted octanol–water partition coefficient (Wildman–Crippen LogP) is 3.77. The van der Waals surface area contributed by atoms with Crippen LogP contribution in [0.4, 0.5) is 0 Å². The van der Waals surface area contributed by atoms with E-state index < -0.39 is 6.10 Å². The third-order valence-corrected chi connectivity index (χ3v) is 3.96. The average Bonchev–Trinajstić information content (AvgIpc) is 2.33. The number of hydrogen-bond donors (Lipinski definition) is 1. The lowest BCUT2D eigenvalue weighted by atomic mass is 10.2. The zero-order chi connectivity index (χ0) is 9.14. The molecule has 0 saturated heterocycles. The highest BCUT2D eigenvalue weighted by molar-refractivity contribution is 9.10. The number of rotatable bonds is 3. The van der Waals surface area contributed by atoms with Crippen LogP contribution in [-0.2, 0) is 0 Å². The first-order valence-corrected chi connectivity index (χ1v) is 5.37. The van der Waals surface area contributed by atoms with Crippen LogP contribution in [0.2, 0.25) is 4.34 Å². The molecular formula is C8H8BrClOS. The molecule has 0 bridgehead atoms. The van der Waals surface area contributed by atoms with Crippen molar-refractivity contribution in [1.29, 1.82) is 0 Å². The summed E-state index contributed by atoms with van der Waals surface area (Å²) in [6.45, 7) is 3.56. The second-order valence-electron chi connectivity index (χ2n) is 2.31. The molecule has 1 N–H and O–H groups in total. The standard InChI is InChI=1S/C8H8BrClOS/c1-2-3-6(11)7-4-5(9)8(10)12-7/h2,4,6,11H,1,3H2. The van der Waals surface area contributed by atoms with Crippen LogP contribution in [0, 0.1) is 0 Å². The van der Waals surface area contributed by atoms with Crippen molar-refractivity contribution in [3.63, 3.8) is 0 Å². The molecular weight excluding hydrogens is 260 g/mol. The first kappa shape index (κ1) is 10.3. The van der Waals surface area contributed by atoms with Crippen molar-refractivity contribution < 1.29 is 5.11 Å². The van der Waals surface area contributed by atoms with Crippen LogP contribution >= 0.6 is 38.9 Å². The maximum Gasteiger partial charge on any atom is 0.107 e. The van der Waals surface area contributed by atoms with E-state index in [0.29, 0.717) is 10.8 Å². The maximum absolute atomic E-state index is 9.52. The van der Waals surface area contributed by atoms with Crippen molar-refractivity contribution in [1.82, 2.24) is 0 Å². The topological polar surface area (TPSA) is 20.2 Å². The van der Waals surface area contributed by atoms with Crippen molar-refractivity contribution in [3.8, 4) is 0 Å². The Labute approximate surface area is 88.8 Å². The van der Waals surface area contributed by atoms with E-state index in [0.717, 1.165) is 9.35 Å². The lowest BCUT2D eigenvalue weighted by Gasteiger charge is -2.02. The van der Waals surface area contributed by atoms with Gasteiger partial charge in [-0.25, -0.2) is 0 Å². The highest BCUT2D eigenvalue weighted by atomic mass is 79.9. The summed E-state index contributed by atoms with van der Waals surface area (Å²) in [6.07, 6.45) is 1.77. The van der Waals surface area contributed by atoms with E-state index in [4.69, 9.17) is 11.6 Å². The highest BCUT2D eigenvalue weighted by Gasteiger charge is 2.11. The fraction of sp³-hybridized carbons (Fsp3) is 0.250. The van der Waals surface area contributed by atoms with Gasteiger partial charge in [0.1, 0.15) is 4.34 Å². The Morgan fingerprint density at radius 3 is 2.92 bits per heavy atom. The third-order valence-electron chi connectivity index (χ3n) is 1.38. The van der Waals surface area contributed by atoms with Gasteiger partial charge in [-0.15, -0.1) is 17.9 Å². The molecule has 12 heavy (non-hydrogen) atoms. The molecule has 1 rings (SSSR count). The van der Waals surface area contributed by atoms with Crippen LogP contribution in [0.15, 0.2) is 23.2 Å². The SMILES string of the molecule is C=CCC(O)c1cc(Br)c(Cl)s1. The summed E-state index contributed by atoms with van der Waals surface area (Å²) in [5.74, 6) is 0. The molecule has 66 valence electrons. The molecule has 0 fully saturated rings. The van der Waals surface area contributed by atoms with E-state index in [-0.39, 0.29) is 0 Å². The molecule has 1 nitrogen and oxygen atoms in total. The van der Waals surface area contributed by atoms with Gasteiger partial charge in [0.2, 0.25) is 0 Å². The van der Waals surface area contributed by atoms with E-state index >= 15 is 0 Å². The Morgan fingerprint density at radius 1 is 1.83 bits per heavy atom. The summed E-state index contributed by atoms with van der Waals surface area (Å²) < 4.78 is 1.51. The summed E-state index contributed by atoms with van der Waals surface area (Å²) in [5, 5.41) is 9.52. The van der Waals surface area contributed by atoms with Crippen molar-refractivity contribution in [3.05, 3.63) is 32.4 Å². The third kappa shape index (κ3) is 2.33. The van der Waals surface area contributed by atoms with Crippen LogP contribution < -0.4 is 0 Å². The summed E-state index contributed by atoms with van der Waals surface area (Å²) in [4.78, 5) is 0.867. The molecule has 0 radical (unpaired) electrons. The van der Waals surface area contributed by atoms with Gasteiger partial charge in [-0.2, -0.15) is 0 Å². The molecule has 1 atom stereocenters. The Bertz CT molecular complexity index is 265. The lowest BCUT2D eigenvalue weighted by Crippen LogP contribution is -1.90. The van der Waals surface area contributed by atoms with Crippen LogP contribution in [0.5, 0.6) is 0 Å². The molecule has 1 unspecified atom stereocenters. The minimum Gasteiger partial charge on any atom is -0.387 e. The van der Waals surface area contributed by atoms with Gasteiger partial charge in [0.05, 0.1) is 6.10 Å². The predicted molar refractivity (Wildman–Crippen MR) is 56.8 cm³/mol. The molecule has 1 heterocycles. The van der Waals surface area contributed by atoms with Gasteiger partial charge in [-0.1, -0.05) is 17.7 Å². The van der Waals surface area contributed by atoms with Gasteiger partial charge in [-0.05, 0) is 28.4 Å². The minimum atomic E-state index is -0.476. The van der Waals surface area contributed by atoms with E-state index in [1.807, 2.05) is 6.07 Å². The van der Waals surface area contributed by atoms with Crippen molar-refractivity contribution in [2.24, 2.45) is 0 Å². The Kier molecular flexibility index (Phi) is 3.77. The fourth-order valence-corrected chi connectivity index (χ4v) is 2.54. The fourth-order valence-electron chi connectivity index (χ4n) is 0.802. The van der Waals surface area contributed by atoms with E-state index in [9.17, 15) is 5.11 Å². The second-order valence-corrected chi connectivity index (χ2v) is 4.85. The van der Waals surface area contributed by atoms with Crippen LogP contribution in [0.3, 0.4) is 0 Å². The van der Waals surface area contributed by atoms with Gasteiger partial charge < -0.3 is 5.11 Å². The molecule has 0 aliphatic carbocycles. The second kappa shape index (κ2) is 4.42. The van der Waals surface area contributed by atoms with Gasteiger partial charge in [-0.3, -0.25) is 0 Å². The molecule has 0 amide bonds. The molecule has 0 aliphatic rings. The molecule has 4 heteroatoms. The van der Waals surface area contributed by atoms with Gasteiger partial charge >= 0.3 is 0 Å². The van der Waals surface area contributed by atoms with Gasteiger partial charge in [0.15, 0.2) is 0 Å². The monoisotopic (exact) mass is 266 g/mol. The zero-order valence-electron chi connectivity index (χ0n) is 6.26. The largest absolute Gasteiger partial charge is 0.387 e. The Balaban J connectivity index is 2.80. The van der Waals surface area contributed by atoms with Gasteiger partial charge in [0.25, 0.3) is 0 Å². The van der Waals surface area contributed by atoms with E-state index in [1.165, 1.54) is 11.3 Å². The smallest absolute Gasteiger partial charge is 0.107 e. The molecule has 0 spiro atoms. The van der Waals surface area contributed by atoms with Crippen molar-refractivity contribution >= 4 is 38.9 Å². The first-order chi connectivity index (χ1) is 5.65. The van der Waals surface area contributed by atoms with Crippen LogP contribution in [-0.4, -0.2) is 5.11 Å². The normalized spacial score (nSPS) is 12.9. The average molecular weight is 268 g/mol.